The number of ether oxygens (including phenoxy) is 1. The van der Waals surface area contributed by atoms with E-state index in [2.05, 4.69) is 5.32 Å². The van der Waals surface area contributed by atoms with Crippen LogP contribution in [0.25, 0.3) is 11.0 Å². The van der Waals surface area contributed by atoms with Crippen LogP contribution in [0.2, 0.25) is 0 Å². The Labute approximate surface area is 179 Å². The van der Waals surface area contributed by atoms with Crippen molar-refractivity contribution in [3.05, 3.63) is 66.4 Å². The molecule has 4 rings (SSSR count). The molecule has 1 fully saturated rings. The Kier molecular flexibility index (Phi) is 6.16. The van der Waals surface area contributed by atoms with Crippen molar-refractivity contribution in [1.82, 2.24) is 15.1 Å². The second kappa shape index (κ2) is 9.34. The van der Waals surface area contributed by atoms with Crippen molar-refractivity contribution in [1.29, 1.82) is 0 Å². The van der Waals surface area contributed by atoms with Crippen molar-refractivity contribution >= 4 is 28.7 Å². The summed E-state index contributed by atoms with van der Waals surface area (Å²) in [6.07, 6.45) is 0. The molecule has 0 unspecified atom stereocenters. The average Bonchev–Trinajstić information content (AvgIpc) is 3.26. The Bertz CT molecular complexity index is 1040. The molecule has 1 aromatic heterocycles. The van der Waals surface area contributed by atoms with Crippen LogP contribution < -0.4 is 10.1 Å². The molecule has 2 heterocycles. The van der Waals surface area contributed by atoms with Gasteiger partial charge in [-0.2, -0.15) is 0 Å². The second-order valence-corrected chi connectivity index (χ2v) is 7.20. The smallest absolute Gasteiger partial charge is 0.289 e. The van der Waals surface area contributed by atoms with Gasteiger partial charge in [0.1, 0.15) is 11.3 Å². The third-order valence-corrected chi connectivity index (χ3v) is 5.11. The van der Waals surface area contributed by atoms with Crippen LogP contribution in [0, 0.1) is 0 Å². The van der Waals surface area contributed by atoms with Gasteiger partial charge >= 0.3 is 0 Å². The van der Waals surface area contributed by atoms with E-state index in [1.807, 2.05) is 42.5 Å². The van der Waals surface area contributed by atoms with Crippen molar-refractivity contribution in [3.63, 3.8) is 0 Å². The fourth-order valence-electron chi connectivity index (χ4n) is 3.40. The summed E-state index contributed by atoms with van der Waals surface area (Å²) in [4.78, 5) is 40.3. The van der Waals surface area contributed by atoms with Gasteiger partial charge in [0.25, 0.3) is 11.8 Å². The maximum Gasteiger partial charge on any atom is 0.289 e. The number of rotatable bonds is 6. The molecule has 8 nitrogen and oxygen atoms in total. The number of carbonyl (C=O) groups is 3. The van der Waals surface area contributed by atoms with Gasteiger partial charge in [0.2, 0.25) is 5.91 Å². The fourth-order valence-corrected chi connectivity index (χ4v) is 3.40. The molecule has 0 aliphatic carbocycles. The number of hydrogen-bond donors (Lipinski definition) is 1. The zero-order valence-electron chi connectivity index (χ0n) is 17.0. The van der Waals surface area contributed by atoms with Crippen LogP contribution in [0.15, 0.2) is 65.1 Å². The van der Waals surface area contributed by atoms with Gasteiger partial charge in [0.05, 0.1) is 6.54 Å². The van der Waals surface area contributed by atoms with Gasteiger partial charge in [0.15, 0.2) is 12.4 Å². The SMILES string of the molecule is O=C(COc1ccccc1)NCC(=O)N1CCN(C(=O)c2cc3ccccc3o2)CC1. The Morgan fingerprint density at radius 1 is 0.903 bits per heavy atom. The molecule has 0 radical (unpaired) electrons. The molecule has 3 aromatic rings. The molecule has 1 aliphatic rings. The minimum absolute atomic E-state index is 0.103. The van der Waals surface area contributed by atoms with E-state index in [4.69, 9.17) is 9.15 Å². The van der Waals surface area contributed by atoms with E-state index in [9.17, 15) is 14.4 Å². The Balaban J connectivity index is 1.21. The first-order valence-electron chi connectivity index (χ1n) is 10.1. The molecule has 0 bridgehead atoms. The highest BCUT2D eigenvalue weighted by atomic mass is 16.5. The summed E-state index contributed by atoms with van der Waals surface area (Å²) in [6.45, 7) is 1.37. The fraction of sp³-hybridized carbons (Fsp3) is 0.261. The summed E-state index contributed by atoms with van der Waals surface area (Å²) in [5, 5.41) is 3.46. The van der Waals surface area contributed by atoms with Gasteiger partial charge < -0.3 is 24.3 Å². The van der Waals surface area contributed by atoms with E-state index >= 15 is 0 Å². The van der Waals surface area contributed by atoms with Gasteiger partial charge in [-0.05, 0) is 24.3 Å². The Morgan fingerprint density at radius 2 is 1.58 bits per heavy atom. The number of fused-ring (bicyclic) bond motifs is 1. The molecule has 3 amide bonds. The van der Waals surface area contributed by atoms with E-state index in [1.54, 1.807) is 28.0 Å². The molecule has 8 heteroatoms. The Morgan fingerprint density at radius 3 is 2.32 bits per heavy atom. The second-order valence-electron chi connectivity index (χ2n) is 7.20. The number of benzene rings is 2. The standard InChI is InChI=1S/C23H23N3O5/c27-21(16-30-18-7-2-1-3-8-18)24-15-22(28)25-10-12-26(13-11-25)23(29)20-14-17-6-4-5-9-19(17)31-20/h1-9,14H,10-13,15-16H2,(H,24,27). The van der Waals surface area contributed by atoms with Crippen LogP contribution in [-0.2, 0) is 9.59 Å². The average molecular weight is 421 g/mol. The van der Waals surface area contributed by atoms with Crippen molar-refractivity contribution in [2.45, 2.75) is 0 Å². The lowest BCUT2D eigenvalue weighted by Gasteiger charge is -2.34. The monoisotopic (exact) mass is 421 g/mol. The summed E-state index contributed by atoms with van der Waals surface area (Å²) < 4.78 is 11.0. The van der Waals surface area contributed by atoms with Crippen molar-refractivity contribution in [3.8, 4) is 5.75 Å². The molecule has 160 valence electrons. The summed E-state index contributed by atoms with van der Waals surface area (Å²) in [6, 6.07) is 18.2. The van der Waals surface area contributed by atoms with Crippen LogP contribution >= 0.6 is 0 Å². The maximum absolute atomic E-state index is 12.7. The van der Waals surface area contributed by atoms with E-state index in [0.29, 0.717) is 43.3 Å². The zero-order valence-corrected chi connectivity index (χ0v) is 17.0. The summed E-state index contributed by atoms with van der Waals surface area (Å²) in [5.74, 6) is 0.148. The largest absolute Gasteiger partial charge is 0.484 e. The van der Waals surface area contributed by atoms with Crippen molar-refractivity contribution in [2.24, 2.45) is 0 Å². The van der Waals surface area contributed by atoms with Crippen molar-refractivity contribution < 1.29 is 23.5 Å². The van der Waals surface area contributed by atoms with E-state index in [0.717, 1.165) is 5.39 Å². The molecule has 1 aliphatic heterocycles. The molecular formula is C23H23N3O5. The predicted octanol–water partition coefficient (Wildman–Crippen LogP) is 1.91. The number of carbonyl (C=O) groups excluding carboxylic acids is 3. The quantitative estimate of drug-likeness (QED) is 0.657. The van der Waals surface area contributed by atoms with Crippen molar-refractivity contribution in [2.75, 3.05) is 39.3 Å². The van der Waals surface area contributed by atoms with Gasteiger partial charge in [-0.15, -0.1) is 0 Å². The third-order valence-electron chi connectivity index (χ3n) is 5.11. The number of amides is 3. The molecule has 31 heavy (non-hydrogen) atoms. The van der Waals surface area contributed by atoms with E-state index < -0.39 is 0 Å². The first-order valence-corrected chi connectivity index (χ1v) is 10.1. The lowest BCUT2D eigenvalue weighted by Crippen LogP contribution is -2.52. The number of hydrogen-bond acceptors (Lipinski definition) is 5. The van der Waals surface area contributed by atoms with E-state index in [-0.39, 0.29) is 30.9 Å². The predicted molar refractivity (Wildman–Crippen MR) is 114 cm³/mol. The topological polar surface area (TPSA) is 92.1 Å². The number of para-hydroxylation sites is 2. The van der Waals surface area contributed by atoms with Gasteiger partial charge in [0, 0.05) is 31.6 Å². The van der Waals surface area contributed by atoms with Crippen LogP contribution in [0.1, 0.15) is 10.6 Å². The van der Waals surface area contributed by atoms with Gasteiger partial charge in [-0.3, -0.25) is 14.4 Å². The summed E-state index contributed by atoms with van der Waals surface area (Å²) in [7, 11) is 0. The maximum atomic E-state index is 12.7. The number of piperazine rings is 1. The summed E-state index contributed by atoms with van der Waals surface area (Å²) in [5.41, 5.74) is 0.673. The Hall–Kier alpha value is -3.81. The van der Waals surface area contributed by atoms with Crippen LogP contribution in [-0.4, -0.2) is 66.9 Å². The molecule has 0 saturated carbocycles. The number of nitrogens with one attached hydrogen (secondary N) is 1. The highest BCUT2D eigenvalue weighted by Crippen LogP contribution is 2.20. The molecule has 2 aromatic carbocycles. The number of nitrogens with zero attached hydrogens (tertiary/aromatic N) is 2. The normalized spacial score (nSPS) is 13.8. The summed E-state index contributed by atoms with van der Waals surface area (Å²) >= 11 is 0. The highest BCUT2D eigenvalue weighted by Gasteiger charge is 2.26. The highest BCUT2D eigenvalue weighted by molar-refractivity contribution is 5.96. The minimum atomic E-state index is -0.365. The van der Waals surface area contributed by atoms with Crippen LogP contribution in [0.4, 0.5) is 0 Å². The molecule has 1 saturated heterocycles. The van der Waals surface area contributed by atoms with E-state index in [1.165, 1.54) is 0 Å². The molecular weight excluding hydrogens is 398 g/mol. The molecule has 0 spiro atoms. The van der Waals surface area contributed by atoms with Gasteiger partial charge in [-0.25, -0.2) is 0 Å². The lowest BCUT2D eigenvalue weighted by atomic mass is 10.2. The van der Waals surface area contributed by atoms with Crippen LogP contribution in [0.5, 0.6) is 5.75 Å². The first kappa shape index (κ1) is 20.5. The zero-order chi connectivity index (χ0) is 21.6. The minimum Gasteiger partial charge on any atom is -0.484 e. The molecule has 0 atom stereocenters. The molecule has 1 N–H and O–H groups in total. The number of furan rings is 1. The third kappa shape index (κ3) is 5.03. The first-order chi connectivity index (χ1) is 15.1. The van der Waals surface area contributed by atoms with Gasteiger partial charge in [-0.1, -0.05) is 36.4 Å². The lowest BCUT2D eigenvalue weighted by molar-refractivity contribution is -0.134. The van der Waals surface area contributed by atoms with Crippen LogP contribution in [0.3, 0.4) is 0 Å².